The Morgan fingerprint density at radius 3 is 2.00 bits per heavy atom. The second-order valence-corrected chi connectivity index (χ2v) is 4.70. The van der Waals surface area contributed by atoms with Crippen molar-refractivity contribution < 1.29 is 13.2 Å². The maximum absolute atomic E-state index is 12.7. The number of hydrogen-bond acceptors (Lipinski definition) is 2. The highest BCUT2D eigenvalue weighted by Crippen LogP contribution is 2.35. The van der Waals surface area contributed by atoms with Crippen LogP contribution in [0.5, 0.6) is 0 Å². The van der Waals surface area contributed by atoms with Crippen molar-refractivity contribution in [2.45, 2.75) is 45.7 Å². The number of nitrogens with two attached hydrogens (primary N) is 1. The predicted molar refractivity (Wildman–Crippen MR) is 61.8 cm³/mol. The molecule has 0 saturated heterocycles. The summed E-state index contributed by atoms with van der Waals surface area (Å²) in [4.78, 5) is 3.64. The molecule has 0 atom stereocenters. The van der Waals surface area contributed by atoms with Gasteiger partial charge < -0.3 is 5.73 Å². The van der Waals surface area contributed by atoms with Gasteiger partial charge in [0.2, 0.25) is 0 Å². The van der Waals surface area contributed by atoms with E-state index in [-0.39, 0.29) is 11.8 Å². The van der Waals surface area contributed by atoms with Gasteiger partial charge in [-0.3, -0.25) is 0 Å². The molecular weight excluding hydrogens is 229 g/mol. The van der Waals surface area contributed by atoms with Crippen LogP contribution in [-0.4, -0.2) is 4.98 Å². The van der Waals surface area contributed by atoms with Gasteiger partial charge in [0.1, 0.15) is 5.69 Å². The van der Waals surface area contributed by atoms with Crippen molar-refractivity contribution in [3.8, 4) is 0 Å². The summed E-state index contributed by atoms with van der Waals surface area (Å²) >= 11 is 0. The van der Waals surface area contributed by atoms with Crippen LogP contribution in [0.1, 0.15) is 56.5 Å². The first kappa shape index (κ1) is 13.8. The van der Waals surface area contributed by atoms with E-state index in [0.717, 1.165) is 6.07 Å². The van der Waals surface area contributed by atoms with Crippen LogP contribution in [-0.2, 0) is 6.18 Å². The monoisotopic (exact) mass is 246 g/mol. The average molecular weight is 246 g/mol. The van der Waals surface area contributed by atoms with E-state index in [1.807, 2.05) is 13.8 Å². The summed E-state index contributed by atoms with van der Waals surface area (Å²) in [6.45, 7) is 7.19. The Hall–Kier alpha value is -1.26. The van der Waals surface area contributed by atoms with E-state index in [1.165, 1.54) is 0 Å². The van der Waals surface area contributed by atoms with Crippen LogP contribution < -0.4 is 5.73 Å². The molecule has 0 bridgehead atoms. The number of rotatable bonds is 2. The lowest BCUT2D eigenvalue weighted by atomic mass is 9.96. The molecule has 0 fully saturated rings. The Balaban J connectivity index is 3.48. The van der Waals surface area contributed by atoms with Gasteiger partial charge in [0.05, 0.1) is 11.4 Å². The minimum atomic E-state index is -4.43. The third-order valence-electron chi connectivity index (χ3n) is 2.58. The van der Waals surface area contributed by atoms with E-state index in [9.17, 15) is 13.2 Å². The lowest BCUT2D eigenvalue weighted by Crippen LogP contribution is -2.14. The first-order valence-corrected chi connectivity index (χ1v) is 5.52. The molecule has 1 rings (SSSR count). The van der Waals surface area contributed by atoms with Crippen LogP contribution in [0.2, 0.25) is 0 Å². The summed E-state index contributed by atoms with van der Waals surface area (Å²) in [5.41, 5.74) is 6.22. The standard InChI is InChI=1S/C12H17F3N2/c1-6(2)8-5-9(12(13,14)15)17-11(7(3)4)10(8)16/h5-7H,16H2,1-4H3. The van der Waals surface area contributed by atoms with Gasteiger partial charge in [-0.15, -0.1) is 0 Å². The van der Waals surface area contributed by atoms with Gasteiger partial charge in [0.25, 0.3) is 0 Å². The van der Waals surface area contributed by atoms with Crippen molar-refractivity contribution in [1.82, 2.24) is 4.98 Å². The number of aromatic nitrogens is 1. The first-order valence-electron chi connectivity index (χ1n) is 5.52. The van der Waals surface area contributed by atoms with E-state index in [0.29, 0.717) is 16.9 Å². The van der Waals surface area contributed by atoms with Crippen molar-refractivity contribution in [1.29, 1.82) is 0 Å². The smallest absolute Gasteiger partial charge is 0.397 e. The zero-order valence-electron chi connectivity index (χ0n) is 10.4. The van der Waals surface area contributed by atoms with Gasteiger partial charge in [0.15, 0.2) is 0 Å². The van der Waals surface area contributed by atoms with Crippen LogP contribution in [0.3, 0.4) is 0 Å². The molecule has 1 heterocycles. The van der Waals surface area contributed by atoms with E-state index >= 15 is 0 Å². The van der Waals surface area contributed by atoms with Crippen molar-refractivity contribution in [3.63, 3.8) is 0 Å². The fraction of sp³-hybridized carbons (Fsp3) is 0.583. The van der Waals surface area contributed by atoms with Crippen molar-refractivity contribution >= 4 is 5.69 Å². The Kier molecular flexibility index (Phi) is 3.69. The highest BCUT2D eigenvalue weighted by molar-refractivity contribution is 5.54. The summed E-state index contributed by atoms with van der Waals surface area (Å²) < 4.78 is 38.1. The Morgan fingerprint density at radius 1 is 1.12 bits per heavy atom. The van der Waals surface area contributed by atoms with Gasteiger partial charge in [-0.05, 0) is 23.5 Å². The van der Waals surface area contributed by atoms with Crippen LogP contribution in [0.25, 0.3) is 0 Å². The third kappa shape index (κ3) is 2.90. The zero-order chi connectivity index (χ0) is 13.4. The van der Waals surface area contributed by atoms with Gasteiger partial charge in [0, 0.05) is 0 Å². The molecule has 2 N–H and O–H groups in total. The van der Waals surface area contributed by atoms with E-state index < -0.39 is 11.9 Å². The Bertz CT molecular complexity index is 380. The van der Waals surface area contributed by atoms with E-state index in [2.05, 4.69) is 4.98 Å². The molecule has 2 nitrogen and oxygen atoms in total. The fourth-order valence-electron chi connectivity index (χ4n) is 1.66. The molecule has 96 valence electrons. The highest BCUT2D eigenvalue weighted by atomic mass is 19.4. The third-order valence-corrected chi connectivity index (χ3v) is 2.58. The molecule has 1 aromatic rings. The summed E-state index contributed by atoms with van der Waals surface area (Å²) in [7, 11) is 0. The number of alkyl halides is 3. The van der Waals surface area contributed by atoms with Crippen LogP contribution >= 0.6 is 0 Å². The molecule has 0 aliphatic rings. The summed E-state index contributed by atoms with van der Waals surface area (Å²) in [6.07, 6.45) is -4.43. The summed E-state index contributed by atoms with van der Waals surface area (Å²) in [5.74, 6) is -0.189. The van der Waals surface area contributed by atoms with Crippen LogP contribution in [0, 0.1) is 0 Å². The van der Waals surface area contributed by atoms with Crippen molar-refractivity contribution in [3.05, 3.63) is 23.0 Å². The van der Waals surface area contributed by atoms with Crippen LogP contribution in [0.4, 0.5) is 18.9 Å². The number of nitrogens with zero attached hydrogens (tertiary/aromatic N) is 1. The topological polar surface area (TPSA) is 38.9 Å². The Labute approximate surface area is 99.0 Å². The number of nitrogen functional groups attached to an aromatic ring is 1. The number of halogens is 3. The SMILES string of the molecule is CC(C)c1cc(C(F)(F)F)nc(C(C)C)c1N. The highest BCUT2D eigenvalue weighted by Gasteiger charge is 2.34. The molecule has 0 unspecified atom stereocenters. The molecule has 0 aliphatic carbocycles. The largest absolute Gasteiger partial charge is 0.433 e. The number of hydrogen-bond donors (Lipinski definition) is 1. The lowest BCUT2D eigenvalue weighted by Gasteiger charge is -2.18. The second-order valence-electron chi connectivity index (χ2n) is 4.70. The lowest BCUT2D eigenvalue weighted by molar-refractivity contribution is -0.141. The van der Waals surface area contributed by atoms with E-state index in [1.54, 1.807) is 13.8 Å². The van der Waals surface area contributed by atoms with Crippen LogP contribution in [0.15, 0.2) is 6.07 Å². The van der Waals surface area contributed by atoms with Gasteiger partial charge >= 0.3 is 6.18 Å². The molecule has 0 aromatic carbocycles. The molecule has 0 radical (unpaired) electrons. The molecule has 1 aromatic heterocycles. The second kappa shape index (κ2) is 4.55. The predicted octanol–water partition coefficient (Wildman–Crippen LogP) is 3.93. The zero-order valence-corrected chi connectivity index (χ0v) is 10.4. The molecule has 0 amide bonds. The molecular formula is C12H17F3N2. The van der Waals surface area contributed by atoms with Crippen molar-refractivity contribution in [2.75, 3.05) is 5.73 Å². The van der Waals surface area contributed by atoms with Gasteiger partial charge in [-0.2, -0.15) is 13.2 Å². The fourth-order valence-corrected chi connectivity index (χ4v) is 1.66. The molecule has 5 heteroatoms. The molecule has 0 saturated carbocycles. The van der Waals surface area contributed by atoms with E-state index in [4.69, 9.17) is 5.73 Å². The maximum Gasteiger partial charge on any atom is 0.433 e. The van der Waals surface area contributed by atoms with Gasteiger partial charge in [-0.1, -0.05) is 27.7 Å². The first-order chi connectivity index (χ1) is 7.64. The Morgan fingerprint density at radius 2 is 1.65 bits per heavy atom. The summed E-state index contributed by atoms with van der Waals surface area (Å²) in [6, 6.07) is 1.05. The van der Waals surface area contributed by atoms with Crippen molar-refractivity contribution in [2.24, 2.45) is 0 Å². The normalized spacial score (nSPS) is 12.5. The molecule has 17 heavy (non-hydrogen) atoms. The average Bonchev–Trinajstić information content (AvgIpc) is 2.14. The number of pyridine rings is 1. The molecule has 0 aliphatic heterocycles. The quantitative estimate of drug-likeness (QED) is 0.858. The van der Waals surface area contributed by atoms with Gasteiger partial charge in [-0.25, -0.2) is 4.98 Å². The maximum atomic E-state index is 12.7. The summed E-state index contributed by atoms with van der Waals surface area (Å²) in [5, 5.41) is 0. The number of anilines is 1. The minimum Gasteiger partial charge on any atom is -0.397 e. The minimum absolute atomic E-state index is 0.0587. The molecule has 0 spiro atoms.